The minimum atomic E-state index is -0.356. The van der Waals surface area contributed by atoms with Crippen LogP contribution in [0.2, 0.25) is 0 Å². The molecule has 0 aliphatic rings. The van der Waals surface area contributed by atoms with Crippen LogP contribution < -0.4 is 5.32 Å². The lowest BCUT2D eigenvalue weighted by Crippen LogP contribution is -2.27. The first-order valence-electron chi connectivity index (χ1n) is 8.66. The molecule has 2 rings (SSSR count). The third kappa shape index (κ3) is 5.27. The van der Waals surface area contributed by atoms with Gasteiger partial charge in [-0.15, -0.1) is 0 Å². The van der Waals surface area contributed by atoms with Gasteiger partial charge in [-0.25, -0.2) is 14.8 Å². The van der Waals surface area contributed by atoms with Crippen LogP contribution in [0.3, 0.4) is 0 Å². The molecule has 1 amide bonds. The number of carbonyl (C=O) groups excluding carboxylic acids is 2. The zero-order chi connectivity index (χ0) is 18.9. The van der Waals surface area contributed by atoms with Crippen molar-refractivity contribution in [3.8, 4) is 0 Å². The molecule has 0 bridgehead atoms. The van der Waals surface area contributed by atoms with Crippen LogP contribution in [-0.4, -0.2) is 46.9 Å². The number of amides is 1. The number of ether oxygens (including phenoxy) is 1. The van der Waals surface area contributed by atoms with E-state index < -0.39 is 0 Å². The Morgan fingerprint density at radius 1 is 1.08 bits per heavy atom. The number of esters is 1. The second-order valence-corrected chi connectivity index (χ2v) is 5.80. The maximum atomic E-state index is 12.3. The van der Waals surface area contributed by atoms with Crippen LogP contribution in [0.1, 0.15) is 47.4 Å². The van der Waals surface area contributed by atoms with E-state index >= 15 is 0 Å². The summed E-state index contributed by atoms with van der Waals surface area (Å²) in [6.45, 7) is 4.90. The predicted molar refractivity (Wildman–Crippen MR) is 99.6 cm³/mol. The third-order valence-electron chi connectivity index (χ3n) is 3.74. The zero-order valence-corrected chi connectivity index (χ0v) is 15.4. The van der Waals surface area contributed by atoms with Gasteiger partial charge in [0.15, 0.2) is 0 Å². The molecule has 1 aromatic heterocycles. The third-order valence-corrected chi connectivity index (χ3v) is 3.74. The summed E-state index contributed by atoms with van der Waals surface area (Å²) in [6, 6.07) is 6.82. The zero-order valence-electron chi connectivity index (χ0n) is 15.4. The number of hydrogen-bond acceptors (Lipinski definition) is 6. The lowest BCUT2D eigenvalue weighted by molar-refractivity contribution is 0.0526. The molecule has 0 fully saturated rings. The van der Waals surface area contributed by atoms with Crippen molar-refractivity contribution in [3.05, 3.63) is 47.8 Å². The van der Waals surface area contributed by atoms with Crippen molar-refractivity contribution in [2.75, 3.05) is 25.5 Å². The Labute approximate surface area is 153 Å². The molecule has 7 heteroatoms. The first kappa shape index (κ1) is 19.4. The number of rotatable bonds is 8. The van der Waals surface area contributed by atoms with Gasteiger partial charge >= 0.3 is 5.97 Å². The number of unbranched alkanes of at least 4 members (excludes halogenated alkanes) is 1. The summed E-state index contributed by atoms with van der Waals surface area (Å²) in [5, 5.41) is 3.03. The number of anilines is 2. The van der Waals surface area contributed by atoms with Crippen LogP contribution in [-0.2, 0) is 4.74 Å². The Hall–Kier alpha value is -2.96. The van der Waals surface area contributed by atoms with Crippen LogP contribution in [0.15, 0.2) is 36.7 Å². The van der Waals surface area contributed by atoms with Gasteiger partial charge in [-0.05, 0) is 37.6 Å². The van der Waals surface area contributed by atoms with Crippen LogP contribution in [0.5, 0.6) is 0 Å². The molecule has 0 saturated carbocycles. The fourth-order valence-electron chi connectivity index (χ4n) is 2.25. The second-order valence-electron chi connectivity index (χ2n) is 5.80. The van der Waals surface area contributed by atoms with Crippen molar-refractivity contribution in [2.45, 2.75) is 26.7 Å². The largest absolute Gasteiger partial charge is 0.462 e. The van der Waals surface area contributed by atoms with E-state index in [0.29, 0.717) is 30.2 Å². The van der Waals surface area contributed by atoms with Crippen molar-refractivity contribution in [1.29, 1.82) is 0 Å². The molecular formula is C19H24N4O3. The van der Waals surface area contributed by atoms with Crippen LogP contribution >= 0.6 is 0 Å². The molecule has 1 N–H and O–H groups in total. The SMILES string of the molecule is CCCCN(C)C(=O)c1cnc(Nc2ccc(C(=O)OCC)cc2)nc1. The van der Waals surface area contributed by atoms with Crippen molar-refractivity contribution in [3.63, 3.8) is 0 Å². The van der Waals surface area contributed by atoms with E-state index in [-0.39, 0.29) is 11.9 Å². The van der Waals surface area contributed by atoms with E-state index in [4.69, 9.17) is 4.74 Å². The van der Waals surface area contributed by atoms with E-state index in [2.05, 4.69) is 22.2 Å². The summed E-state index contributed by atoms with van der Waals surface area (Å²) in [4.78, 5) is 33.9. The summed E-state index contributed by atoms with van der Waals surface area (Å²) in [5.74, 6) is -0.0733. The number of nitrogens with one attached hydrogen (secondary N) is 1. The Morgan fingerprint density at radius 2 is 1.73 bits per heavy atom. The maximum absolute atomic E-state index is 12.3. The predicted octanol–water partition coefficient (Wildman–Crippen LogP) is 3.27. The van der Waals surface area contributed by atoms with Gasteiger partial charge in [-0.3, -0.25) is 4.79 Å². The molecule has 0 aliphatic heterocycles. The van der Waals surface area contributed by atoms with Crippen LogP contribution in [0.25, 0.3) is 0 Å². The van der Waals surface area contributed by atoms with Gasteiger partial charge in [0.1, 0.15) is 0 Å². The monoisotopic (exact) mass is 356 g/mol. The summed E-state index contributed by atoms with van der Waals surface area (Å²) >= 11 is 0. The second kappa shape index (κ2) is 9.50. The molecule has 0 spiro atoms. The molecule has 0 saturated heterocycles. The lowest BCUT2D eigenvalue weighted by Gasteiger charge is -2.16. The molecule has 0 aliphatic carbocycles. The molecule has 7 nitrogen and oxygen atoms in total. The van der Waals surface area contributed by atoms with E-state index in [1.54, 1.807) is 43.1 Å². The molecule has 0 unspecified atom stereocenters. The summed E-state index contributed by atoms with van der Waals surface area (Å²) in [5.41, 5.74) is 1.67. The lowest BCUT2D eigenvalue weighted by atomic mass is 10.2. The van der Waals surface area contributed by atoms with Gasteiger partial charge < -0.3 is 15.0 Å². The van der Waals surface area contributed by atoms with Gasteiger partial charge in [0.2, 0.25) is 5.95 Å². The average Bonchev–Trinajstić information content (AvgIpc) is 2.67. The summed E-state index contributed by atoms with van der Waals surface area (Å²) in [6.07, 6.45) is 5.01. The number of benzene rings is 1. The van der Waals surface area contributed by atoms with Gasteiger partial charge in [-0.2, -0.15) is 0 Å². The van der Waals surface area contributed by atoms with Gasteiger partial charge in [-0.1, -0.05) is 13.3 Å². The fraction of sp³-hybridized carbons (Fsp3) is 0.368. The minimum Gasteiger partial charge on any atom is -0.462 e. The number of hydrogen-bond donors (Lipinski definition) is 1. The highest BCUT2D eigenvalue weighted by Gasteiger charge is 2.12. The molecular weight excluding hydrogens is 332 g/mol. The Kier molecular flexibility index (Phi) is 7.08. The number of carbonyl (C=O) groups is 2. The summed E-state index contributed by atoms with van der Waals surface area (Å²) in [7, 11) is 1.77. The first-order valence-corrected chi connectivity index (χ1v) is 8.66. The highest BCUT2D eigenvalue weighted by atomic mass is 16.5. The molecule has 0 radical (unpaired) electrons. The Bertz CT molecular complexity index is 729. The quantitative estimate of drug-likeness (QED) is 0.731. The standard InChI is InChI=1S/C19H24N4O3/c1-4-6-11-23(3)17(24)15-12-20-19(21-13-15)22-16-9-7-14(8-10-16)18(25)26-5-2/h7-10,12-13H,4-6,11H2,1-3H3,(H,20,21,22). The number of nitrogens with zero attached hydrogens (tertiary/aromatic N) is 3. The van der Waals surface area contributed by atoms with E-state index in [9.17, 15) is 9.59 Å². The first-order chi connectivity index (χ1) is 12.5. The number of aromatic nitrogens is 2. The Morgan fingerprint density at radius 3 is 2.31 bits per heavy atom. The van der Waals surface area contributed by atoms with Crippen molar-refractivity contribution >= 4 is 23.5 Å². The van der Waals surface area contributed by atoms with Gasteiger partial charge in [0, 0.05) is 31.7 Å². The highest BCUT2D eigenvalue weighted by Crippen LogP contribution is 2.15. The molecule has 2 aromatic rings. The van der Waals surface area contributed by atoms with E-state index in [1.807, 2.05) is 0 Å². The molecule has 0 atom stereocenters. The topological polar surface area (TPSA) is 84.4 Å². The smallest absolute Gasteiger partial charge is 0.338 e. The van der Waals surface area contributed by atoms with Gasteiger partial charge in [0.25, 0.3) is 5.91 Å². The average molecular weight is 356 g/mol. The molecule has 138 valence electrons. The van der Waals surface area contributed by atoms with Crippen molar-refractivity contribution in [2.24, 2.45) is 0 Å². The highest BCUT2D eigenvalue weighted by molar-refractivity contribution is 5.93. The minimum absolute atomic E-state index is 0.0937. The van der Waals surface area contributed by atoms with Crippen LogP contribution in [0, 0.1) is 0 Å². The van der Waals surface area contributed by atoms with E-state index in [1.165, 1.54) is 12.4 Å². The summed E-state index contributed by atoms with van der Waals surface area (Å²) < 4.78 is 4.95. The van der Waals surface area contributed by atoms with Crippen molar-refractivity contribution in [1.82, 2.24) is 14.9 Å². The molecule has 1 aromatic carbocycles. The van der Waals surface area contributed by atoms with E-state index in [0.717, 1.165) is 18.5 Å². The fourth-order valence-corrected chi connectivity index (χ4v) is 2.25. The Balaban J connectivity index is 1.98. The maximum Gasteiger partial charge on any atom is 0.338 e. The van der Waals surface area contributed by atoms with Gasteiger partial charge in [0.05, 0.1) is 17.7 Å². The van der Waals surface area contributed by atoms with Crippen molar-refractivity contribution < 1.29 is 14.3 Å². The molecule has 26 heavy (non-hydrogen) atoms. The normalized spacial score (nSPS) is 10.3. The molecule has 1 heterocycles. The van der Waals surface area contributed by atoms with Crippen LogP contribution in [0.4, 0.5) is 11.6 Å².